The number of hydrogen-bond acceptors (Lipinski definition) is 2. The Bertz CT molecular complexity index is 759. The van der Waals surface area contributed by atoms with Crippen molar-refractivity contribution < 1.29 is 13.2 Å². The second kappa shape index (κ2) is 5.16. The average Bonchev–Trinajstić information content (AvgIpc) is 2.47. The lowest BCUT2D eigenvalue weighted by Gasteiger charge is -2.08. The third-order valence-electron chi connectivity index (χ3n) is 3.26. The van der Waals surface area contributed by atoms with Crippen molar-refractivity contribution in [1.29, 1.82) is 0 Å². The molecule has 1 aromatic carbocycles. The zero-order chi connectivity index (χ0) is 14.9. The van der Waals surface area contributed by atoms with Gasteiger partial charge in [-0.25, -0.2) is 0 Å². The summed E-state index contributed by atoms with van der Waals surface area (Å²) in [5, 5.41) is 0.918. The monoisotopic (exact) mass is 288 g/mol. The van der Waals surface area contributed by atoms with Crippen LogP contribution < -0.4 is 0 Å². The highest BCUT2D eigenvalue weighted by Gasteiger charge is 2.29. The molecule has 0 bridgehead atoms. The summed E-state index contributed by atoms with van der Waals surface area (Å²) in [4.78, 5) is 8.46. The number of rotatable bonds is 2. The van der Waals surface area contributed by atoms with Crippen molar-refractivity contribution in [2.75, 3.05) is 0 Å². The molecule has 2 nitrogen and oxygen atoms in total. The van der Waals surface area contributed by atoms with Crippen molar-refractivity contribution in [3.63, 3.8) is 0 Å². The normalized spacial score (nSPS) is 11.8. The largest absolute Gasteiger partial charge is 0.416 e. The number of alkyl halides is 3. The topological polar surface area (TPSA) is 25.8 Å². The first-order valence-corrected chi connectivity index (χ1v) is 6.38. The lowest BCUT2D eigenvalue weighted by molar-refractivity contribution is -0.137. The van der Waals surface area contributed by atoms with Gasteiger partial charge in [-0.15, -0.1) is 0 Å². The summed E-state index contributed by atoms with van der Waals surface area (Å²) in [5.74, 6) is 0. The highest BCUT2D eigenvalue weighted by atomic mass is 19.4. The number of nitrogens with zero attached hydrogens (tertiary/aromatic N) is 2. The van der Waals surface area contributed by atoms with Gasteiger partial charge in [0.2, 0.25) is 0 Å². The number of pyridine rings is 2. The van der Waals surface area contributed by atoms with E-state index in [9.17, 15) is 13.2 Å². The lowest BCUT2D eigenvalue weighted by atomic mass is 10.0. The molecule has 2 aromatic heterocycles. The molecule has 0 saturated heterocycles. The van der Waals surface area contributed by atoms with E-state index in [0.717, 1.165) is 34.2 Å². The van der Waals surface area contributed by atoms with E-state index in [2.05, 4.69) is 9.97 Å². The van der Waals surface area contributed by atoms with E-state index < -0.39 is 11.7 Å². The van der Waals surface area contributed by atoms with Crippen LogP contribution in [0.4, 0.5) is 13.2 Å². The minimum Gasteiger partial charge on any atom is -0.264 e. The zero-order valence-corrected chi connectivity index (χ0v) is 10.9. The predicted octanol–water partition coefficient (Wildman–Crippen LogP) is 4.24. The van der Waals surface area contributed by atoms with Gasteiger partial charge in [0, 0.05) is 36.0 Å². The van der Waals surface area contributed by atoms with Crippen molar-refractivity contribution in [1.82, 2.24) is 9.97 Å². The second-order valence-electron chi connectivity index (χ2n) is 4.75. The zero-order valence-electron chi connectivity index (χ0n) is 10.9. The van der Waals surface area contributed by atoms with E-state index in [1.54, 1.807) is 18.6 Å². The molecule has 21 heavy (non-hydrogen) atoms. The van der Waals surface area contributed by atoms with Gasteiger partial charge >= 0.3 is 6.18 Å². The van der Waals surface area contributed by atoms with E-state index in [1.807, 2.05) is 12.1 Å². The predicted molar refractivity (Wildman–Crippen MR) is 73.8 cm³/mol. The minimum absolute atomic E-state index is 0.499. The Morgan fingerprint density at radius 1 is 0.952 bits per heavy atom. The summed E-state index contributed by atoms with van der Waals surface area (Å²) >= 11 is 0. The Hall–Kier alpha value is -2.43. The number of aromatic nitrogens is 2. The smallest absolute Gasteiger partial charge is 0.264 e. The van der Waals surface area contributed by atoms with Gasteiger partial charge in [-0.05, 0) is 29.8 Å². The fraction of sp³-hybridized carbons (Fsp3) is 0.125. The molecule has 0 saturated carbocycles. The van der Waals surface area contributed by atoms with Crippen LogP contribution >= 0.6 is 0 Å². The molecule has 5 heteroatoms. The number of fused-ring (bicyclic) bond motifs is 1. The van der Waals surface area contributed by atoms with Gasteiger partial charge in [0.05, 0.1) is 11.1 Å². The highest BCUT2D eigenvalue weighted by molar-refractivity contribution is 5.80. The molecule has 0 aliphatic heterocycles. The summed E-state index contributed by atoms with van der Waals surface area (Å²) in [7, 11) is 0. The van der Waals surface area contributed by atoms with E-state index >= 15 is 0 Å². The first kappa shape index (κ1) is 13.5. The molecule has 0 spiro atoms. The molecule has 2 heterocycles. The molecule has 3 aromatic rings. The fourth-order valence-corrected chi connectivity index (χ4v) is 2.22. The summed E-state index contributed by atoms with van der Waals surface area (Å²) < 4.78 is 37.6. The molecular formula is C16H11F3N2. The van der Waals surface area contributed by atoms with Gasteiger partial charge in [0.25, 0.3) is 0 Å². The van der Waals surface area contributed by atoms with E-state index in [4.69, 9.17) is 0 Å². The first-order valence-electron chi connectivity index (χ1n) is 6.38. The molecule has 0 atom stereocenters. The number of benzene rings is 1. The van der Waals surface area contributed by atoms with Crippen molar-refractivity contribution >= 4 is 10.9 Å². The number of halogens is 3. The maximum absolute atomic E-state index is 12.5. The lowest BCUT2D eigenvalue weighted by Crippen LogP contribution is -2.04. The van der Waals surface area contributed by atoms with Crippen molar-refractivity contribution in [3.8, 4) is 0 Å². The van der Waals surface area contributed by atoms with Crippen LogP contribution in [0.25, 0.3) is 10.9 Å². The highest BCUT2D eigenvalue weighted by Crippen LogP contribution is 2.29. The van der Waals surface area contributed by atoms with E-state index in [1.165, 1.54) is 12.1 Å². The third kappa shape index (κ3) is 2.86. The first-order chi connectivity index (χ1) is 10.0. The summed E-state index contributed by atoms with van der Waals surface area (Å²) in [6.45, 7) is 0. The van der Waals surface area contributed by atoms with E-state index in [-0.39, 0.29) is 0 Å². The molecule has 0 unspecified atom stereocenters. The molecule has 106 valence electrons. The second-order valence-corrected chi connectivity index (χ2v) is 4.75. The van der Waals surface area contributed by atoms with Crippen LogP contribution in [0.15, 0.2) is 55.0 Å². The molecule has 0 radical (unpaired) electrons. The van der Waals surface area contributed by atoms with Crippen LogP contribution in [0.2, 0.25) is 0 Å². The SMILES string of the molecule is FC(F)(F)c1ccc(Cc2cncc3cccnc23)cc1. The average molecular weight is 288 g/mol. The maximum atomic E-state index is 12.5. The van der Waals surface area contributed by atoms with Gasteiger partial charge in [-0.2, -0.15) is 13.2 Å². The molecule has 0 fully saturated rings. The Kier molecular flexibility index (Phi) is 3.33. The van der Waals surface area contributed by atoms with Crippen molar-refractivity contribution in [2.45, 2.75) is 12.6 Å². The Morgan fingerprint density at radius 2 is 1.71 bits per heavy atom. The molecule has 3 rings (SSSR count). The molecule has 0 aliphatic carbocycles. The van der Waals surface area contributed by atoms with Crippen LogP contribution in [-0.4, -0.2) is 9.97 Å². The van der Waals surface area contributed by atoms with Crippen molar-refractivity contribution in [2.24, 2.45) is 0 Å². The molecule has 0 N–H and O–H groups in total. The Balaban J connectivity index is 1.92. The maximum Gasteiger partial charge on any atom is 0.416 e. The van der Waals surface area contributed by atoms with Crippen LogP contribution in [0.5, 0.6) is 0 Å². The number of hydrogen-bond donors (Lipinski definition) is 0. The standard InChI is InChI=1S/C16H11F3N2/c17-16(18,19)14-5-3-11(4-6-14)8-13-10-20-9-12-2-1-7-21-15(12)13/h1-7,9-10H,8H2. The van der Waals surface area contributed by atoms with Crippen LogP contribution in [0, 0.1) is 0 Å². The van der Waals surface area contributed by atoms with Gasteiger partial charge in [0.1, 0.15) is 0 Å². The van der Waals surface area contributed by atoms with Gasteiger partial charge < -0.3 is 0 Å². The Labute approximate surface area is 119 Å². The molecular weight excluding hydrogens is 277 g/mol. The summed E-state index contributed by atoms with van der Waals surface area (Å²) in [6.07, 6.45) is 1.31. The van der Waals surface area contributed by atoms with Crippen LogP contribution in [0.3, 0.4) is 0 Å². The third-order valence-corrected chi connectivity index (χ3v) is 3.26. The van der Waals surface area contributed by atoms with Crippen LogP contribution in [0.1, 0.15) is 16.7 Å². The Morgan fingerprint density at radius 3 is 2.43 bits per heavy atom. The molecule has 0 amide bonds. The summed E-state index contributed by atoms with van der Waals surface area (Å²) in [6, 6.07) is 8.91. The minimum atomic E-state index is -4.30. The fourth-order valence-electron chi connectivity index (χ4n) is 2.22. The molecule has 0 aliphatic rings. The van der Waals surface area contributed by atoms with Crippen molar-refractivity contribution in [3.05, 3.63) is 71.7 Å². The van der Waals surface area contributed by atoms with Gasteiger partial charge in [0.15, 0.2) is 0 Å². The van der Waals surface area contributed by atoms with Gasteiger partial charge in [-0.3, -0.25) is 9.97 Å². The summed E-state index contributed by atoms with van der Waals surface area (Å²) in [5.41, 5.74) is 1.88. The van der Waals surface area contributed by atoms with E-state index in [0.29, 0.717) is 6.42 Å². The van der Waals surface area contributed by atoms with Crippen LogP contribution in [-0.2, 0) is 12.6 Å². The quantitative estimate of drug-likeness (QED) is 0.705. The van der Waals surface area contributed by atoms with Gasteiger partial charge in [-0.1, -0.05) is 12.1 Å².